The molecule has 1 aliphatic rings. The molecule has 1 unspecified atom stereocenters. The topological polar surface area (TPSA) is 83.0 Å². The average molecular weight is 569 g/mol. The molecule has 0 bridgehead atoms. The maximum absolute atomic E-state index is 13.7. The van der Waals surface area contributed by atoms with E-state index in [4.69, 9.17) is 37.1 Å². The van der Waals surface area contributed by atoms with E-state index < -0.39 is 12.0 Å². The molecule has 194 valence electrons. The van der Waals surface area contributed by atoms with Crippen LogP contribution in [0.2, 0.25) is 10.0 Å². The molecule has 10 heteroatoms. The summed E-state index contributed by atoms with van der Waals surface area (Å²) in [5.74, 6) is 1.16. The lowest BCUT2D eigenvalue weighted by Crippen LogP contribution is -2.39. The highest BCUT2D eigenvalue weighted by atomic mass is 35.5. The maximum Gasteiger partial charge on any atom is 0.338 e. The van der Waals surface area contributed by atoms with Crippen molar-refractivity contribution < 1.29 is 18.7 Å². The highest BCUT2D eigenvalue weighted by molar-refractivity contribution is 7.07. The molecule has 3 heterocycles. The third kappa shape index (κ3) is 4.82. The van der Waals surface area contributed by atoms with E-state index in [2.05, 4.69) is 4.99 Å². The van der Waals surface area contributed by atoms with Crippen molar-refractivity contribution in [3.05, 3.63) is 107 Å². The number of allylic oxidation sites excluding steroid dienone is 1. The first-order valence-corrected chi connectivity index (χ1v) is 13.3. The van der Waals surface area contributed by atoms with Crippen LogP contribution in [0.25, 0.3) is 17.4 Å². The third-order valence-corrected chi connectivity index (χ3v) is 7.58. The molecule has 1 atom stereocenters. The Bertz CT molecular complexity index is 1750. The Kier molecular flexibility index (Phi) is 7.29. The Morgan fingerprint density at radius 1 is 1.16 bits per heavy atom. The largest absolute Gasteiger partial charge is 0.497 e. The van der Waals surface area contributed by atoms with Gasteiger partial charge >= 0.3 is 5.97 Å². The van der Waals surface area contributed by atoms with Crippen LogP contribution in [0, 0.1) is 0 Å². The molecule has 0 N–H and O–H groups in total. The van der Waals surface area contributed by atoms with Crippen LogP contribution in [0.4, 0.5) is 0 Å². The second-order valence-corrected chi connectivity index (χ2v) is 10.3. The summed E-state index contributed by atoms with van der Waals surface area (Å²) in [6.07, 6.45) is 1.66. The molecule has 4 aromatic rings. The molecule has 0 saturated carbocycles. The van der Waals surface area contributed by atoms with Gasteiger partial charge in [0.2, 0.25) is 0 Å². The number of ether oxygens (including phenoxy) is 2. The smallest absolute Gasteiger partial charge is 0.338 e. The SMILES string of the molecule is CCOC(=O)C1=C(C)N=c2sc(=Cc3ccc(-c4ccc(Cl)cc4Cl)o3)c(=O)n2C1c1ccc(OC)cc1. The van der Waals surface area contributed by atoms with Crippen LogP contribution in [-0.4, -0.2) is 24.3 Å². The van der Waals surface area contributed by atoms with Crippen LogP contribution in [0.15, 0.2) is 80.1 Å². The Balaban J connectivity index is 1.63. The number of aromatic nitrogens is 1. The van der Waals surface area contributed by atoms with E-state index in [9.17, 15) is 9.59 Å². The van der Waals surface area contributed by atoms with Crippen molar-refractivity contribution in [2.45, 2.75) is 19.9 Å². The number of benzene rings is 2. The molecule has 0 radical (unpaired) electrons. The minimum Gasteiger partial charge on any atom is -0.497 e. The number of halogens is 2. The molecular weight excluding hydrogens is 547 g/mol. The zero-order chi connectivity index (χ0) is 27.0. The number of furan rings is 1. The minimum absolute atomic E-state index is 0.202. The fourth-order valence-electron chi connectivity index (χ4n) is 4.29. The number of carbonyl (C=O) groups excluding carboxylic acids is 1. The Hall–Kier alpha value is -3.59. The molecular formula is C28H22Cl2N2O5S. The van der Waals surface area contributed by atoms with Crippen LogP contribution in [0.1, 0.15) is 31.2 Å². The average Bonchev–Trinajstić information content (AvgIpc) is 3.47. The number of thiazole rings is 1. The lowest BCUT2D eigenvalue weighted by Gasteiger charge is -2.24. The van der Waals surface area contributed by atoms with Crippen molar-refractivity contribution >= 4 is 46.6 Å². The number of methoxy groups -OCH3 is 1. The summed E-state index contributed by atoms with van der Waals surface area (Å²) in [4.78, 5) is 31.8. The van der Waals surface area contributed by atoms with Crippen LogP contribution >= 0.6 is 34.5 Å². The molecule has 2 aromatic carbocycles. The monoisotopic (exact) mass is 568 g/mol. The molecule has 38 heavy (non-hydrogen) atoms. The highest BCUT2D eigenvalue weighted by Gasteiger charge is 2.33. The van der Waals surface area contributed by atoms with Gasteiger partial charge in [0, 0.05) is 16.7 Å². The van der Waals surface area contributed by atoms with Gasteiger partial charge in [-0.05, 0) is 61.9 Å². The van der Waals surface area contributed by atoms with Crippen LogP contribution in [0.5, 0.6) is 5.75 Å². The van der Waals surface area contributed by atoms with Crippen molar-refractivity contribution in [1.82, 2.24) is 4.57 Å². The number of carbonyl (C=O) groups is 1. The predicted molar refractivity (Wildman–Crippen MR) is 148 cm³/mol. The molecule has 0 amide bonds. The number of esters is 1. The van der Waals surface area contributed by atoms with Crippen molar-refractivity contribution in [2.75, 3.05) is 13.7 Å². The lowest BCUT2D eigenvalue weighted by molar-refractivity contribution is -0.139. The number of fused-ring (bicyclic) bond motifs is 1. The van der Waals surface area contributed by atoms with Gasteiger partial charge in [-0.1, -0.05) is 46.7 Å². The molecule has 0 spiro atoms. The first kappa shape index (κ1) is 26.0. The fourth-order valence-corrected chi connectivity index (χ4v) is 5.82. The van der Waals surface area contributed by atoms with E-state index in [1.54, 1.807) is 69.5 Å². The summed E-state index contributed by atoms with van der Waals surface area (Å²) in [5, 5.41) is 0.981. The van der Waals surface area contributed by atoms with Crippen LogP contribution in [-0.2, 0) is 9.53 Å². The summed E-state index contributed by atoms with van der Waals surface area (Å²) in [6.45, 7) is 3.68. The van der Waals surface area contributed by atoms with E-state index in [1.165, 1.54) is 15.9 Å². The molecule has 0 fully saturated rings. The molecule has 5 rings (SSSR count). The second-order valence-electron chi connectivity index (χ2n) is 8.40. The number of hydrogen-bond acceptors (Lipinski definition) is 7. The zero-order valence-corrected chi connectivity index (χ0v) is 23.0. The molecule has 0 saturated heterocycles. The Labute approximate surface area is 231 Å². The van der Waals surface area contributed by atoms with Crippen molar-refractivity contribution in [2.24, 2.45) is 4.99 Å². The van der Waals surface area contributed by atoms with E-state index >= 15 is 0 Å². The Morgan fingerprint density at radius 3 is 2.61 bits per heavy atom. The normalized spacial score (nSPS) is 15.3. The van der Waals surface area contributed by atoms with Crippen LogP contribution in [0.3, 0.4) is 0 Å². The first-order chi connectivity index (χ1) is 18.3. The van der Waals surface area contributed by atoms with Gasteiger partial charge < -0.3 is 13.9 Å². The zero-order valence-electron chi connectivity index (χ0n) is 20.7. The van der Waals surface area contributed by atoms with E-state index in [-0.39, 0.29) is 12.2 Å². The second kappa shape index (κ2) is 10.6. The Morgan fingerprint density at radius 2 is 1.92 bits per heavy atom. The molecule has 2 aromatic heterocycles. The minimum atomic E-state index is -0.710. The number of nitrogens with zero attached hydrogens (tertiary/aromatic N) is 2. The first-order valence-electron chi connectivity index (χ1n) is 11.7. The standard InChI is InChI=1S/C28H22Cl2N2O5S/c1-4-36-27(34)24-15(2)31-28-32(25(24)16-5-8-18(35-3)9-6-16)26(33)23(38-28)14-19-10-12-22(37-19)20-11-7-17(29)13-21(20)30/h5-14,25H,4H2,1-3H3. The third-order valence-electron chi connectivity index (χ3n) is 6.05. The van der Waals surface area contributed by atoms with Gasteiger partial charge in [0.1, 0.15) is 17.3 Å². The summed E-state index contributed by atoms with van der Waals surface area (Å²) in [6, 6.07) is 15.2. The summed E-state index contributed by atoms with van der Waals surface area (Å²) in [7, 11) is 1.58. The fraction of sp³-hybridized carbons (Fsp3) is 0.179. The molecule has 1 aliphatic heterocycles. The van der Waals surface area contributed by atoms with Gasteiger partial charge in [0.15, 0.2) is 4.80 Å². The quantitative estimate of drug-likeness (QED) is 0.292. The predicted octanol–water partition coefficient (Wildman–Crippen LogP) is 5.37. The summed E-state index contributed by atoms with van der Waals surface area (Å²) >= 11 is 13.6. The highest BCUT2D eigenvalue weighted by Crippen LogP contribution is 2.33. The van der Waals surface area contributed by atoms with Gasteiger partial charge in [-0.15, -0.1) is 0 Å². The van der Waals surface area contributed by atoms with Gasteiger partial charge in [0.25, 0.3) is 5.56 Å². The lowest BCUT2D eigenvalue weighted by atomic mass is 9.96. The summed E-state index contributed by atoms with van der Waals surface area (Å²) in [5.41, 5.74) is 1.93. The summed E-state index contributed by atoms with van der Waals surface area (Å²) < 4.78 is 18.5. The molecule has 7 nitrogen and oxygen atoms in total. The van der Waals surface area contributed by atoms with Gasteiger partial charge in [0.05, 0.1) is 40.6 Å². The van der Waals surface area contributed by atoms with Crippen molar-refractivity contribution in [3.63, 3.8) is 0 Å². The van der Waals surface area contributed by atoms with Gasteiger partial charge in [-0.3, -0.25) is 9.36 Å². The van der Waals surface area contributed by atoms with Crippen LogP contribution < -0.4 is 19.6 Å². The van der Waals surface area contributed by atoms with Crippen molar-refractivity contribution in [3.8, 4) is 17.1 Å². The van der Waals surface area contributed by atoms with E-state index in [0.717, 1.165) is 5.56 Å². The van der Waals surface area contributed by atoms with E-state index in [0.29, 0.717) is 53.5 Å². The van der Waals surface area contributed by atoms with Crippen molar-refractivity contribution in [1.29, 1.82) is 0 Å². The van der Waals surface area contributed by atoms with E-state index in [1.807, 2.05) is 12.1 Å². The number of rotatable bonds is 6. The van der Waals surface area contributed by atoms with Gasteiger partial charge in [-0.2, -0.15) is 0 Å². The maximum atomic E-state index is 13.7. The van der Waals surface area contributed by atoms with Gasteiger partial charge in [-0.25, -0.2) is 9.79 Å². The number of hydrogen-bond donors (Lipinski definition) is 0. The molecule has 0 aliphatic carbocycles.